The van der Waals surface area contributed by atoms with Gasteiger partial charge in [0, 0.05) is 13.1 Å². The van der Waals surface area contributed by atoms with E-state index in [1.165, 1.54) is 6.20 Å². The van der Waals surface area contributed by atoms with Gasteiger partial charge in [0.2, 0.25) is 0 Å². The van der Waals surface area contributed by atoms with Crippen molar-refractivity contribution in [1.29, 1.82) is 0 Å². The maximum absolute atomic E-state index is 8.80. The molecule has 0 unspecified atom stereocenters. The lowest BCUT2D eigenvalue weighted by molar-refractivity contribution is 0.276. The molecule has 0 spiro atoms. The van der Waals surface area contributed by atoms with Crippen molar-refractivity contribution in [1.82, 2.24) is 9.97 Å². The minimum absolute atomic E-state index is 0.0945. The van der Waals surface area contributed by atoms with Crippen LogP contribution in [0, 0.1) is 0 Å². The second-order valence-electron chi connectivity index (χ2n) is 2.83. The summed E-state index contributed by atoms with van der Waals surface area (Å²) in [5.74, 6) is 0.721. The fourth-order valence-corrected chi connectivity index (χ4v) is 1.15. The van der Waals surface area contributed by atoms with Gasteiger partial charge in [-0.1, -0.05) is 0 Å². The number of aliphatic hydroxyl groups is 2. The maximum atomic E-state index is 8.80. The molecule has 14 heavy (non-hydrogen) atoms. The van der Waals surface area contributed by atoms with Gasteiger partial charge < -0.3 is 15.1 Å². The standard InChI is InChI=1S/C9H15N3O2/c1-2-12(3-4-13)9-6-10-8(7-14)5-11-9/h5-6,13-14H,2-4,7H2,1H3. The van der Waals surface area contributed by atoms with E-state index in [1.54, 1.807) is 6.20 Å². The first-order valence-corrected chi connectivity index (χ1v) is 4.59. The molecular weight excluding hydrogens is 182 g/mol. The molecule has 0 saturated heterocycles. The zero-order chi connectivity index (χ0) is 10.4. The van der Waals surface area contributed by atoms with Gasteiger partial charge in [0.05, 0.1) is 31.3 Å². The smallest absolute Gasteiger partial charge is 0.147 e. The van der Waals surface area contributed by atoms with Gasteiger partial charge in [-0.2, -0.15) is 0 Å². The number of hydrogen-bond acceptors (Lipinski definition) is 5. The fourth-order valence-electron chi connectivity index (χ4n) is 1.15. The lowest BCUT2D eigenvalue weighted by Gasteiger charge is -2.19. The summed E-state index contributed by atoms with van der Waals surface area (Å²) in [5, 5.41) is 17.6. The number of likely N-dealkylation sites (N-methyl/N-ethyl adjacent to an activating group) is 1. The molecule has 1 aromatic rings. The molecule has 78 valence electrons. The number of hydrogen-bond donors (Lipinski definition) is 2. The third kappa shape index (κ3) is 2.65. The summed E-state index contributed by atoms with van der Waals surface area (Å²) in [6.07, 6.45) is 3.14. The average Bonchev–Trinajstić information content (AvgIpc) is 2.26. The Hall–Kier alpha value is -1.20. The van der Waals surface area contributed by atoms with Crippen LogP contribution in [0.3, 0.4) is 0 Å². The van der Waals surface area contributed by atoms with Crippen LogP contribution in [-0.4, -0.2) is 39.9 Å². The summed E-state index contributed by atoms with van der Waals surface area (Å²) in [4.78, 5) is 10.1. The first-order valence-electron chi connectivity index (χ1n) is 4.59. The maximum Gasteiger partial charge on any atom is 0.147 e. The van der Waals surface area contributed by atoms with E-state index in [2.05, 4.69) is 9.97 Å². The van der Waals surface area contributed by atoms with Crippen LogP contribution >= 0.6 is 0 Å². The zero-order valence-electron chi connectivity index (χ0n) is 8.22. The third-order valence-electron chi connectivity index (χ3n) is 1.93. The Kier molecular flexibility index (Phi) is 4.28. The van der Waals surface area contributed by atoms with Crippen LogP contribution in [0.1, 0.15) is 12.6 Å². The quantitative estimate of drug-likeness (QED) is 0.683. The van der Waals surface area contributed by atoms with E-state index in [0.29, 0.717) is 12.2 Å². The molecule has 5 nitrogen and oxygen atoms in total. The minimum Gasteiger partial charge on any atom is -0.395 e. The molecule has 0 fully saturated rings. The van der Waals surface area contributed by atoms with Gasteiger partial charge in [0.1, 0.15) is 5.82 Å². The topological polar surface area (TPSA) is 69.5 Å². The number of anilines is 1. The third-order valence-corrected chi connectivity index (χ3v) is 1.93. The van der Waals surface area contributed by atoms with Crippen LogP contribution in [0.15, 0.2) is 12.4 Å². The Labute approximate surface area is 83.0 Å². The summed E-state index contributed by atoms with van der Waals surface area (Å²) < 4.78 is 0. The van der Waals surface area contributed by atoms with E-state index in [0.717, 1.165) is 12.4 Å². The number of aromatic nitrogens is 2. The molecule has 0 radical (unpaired) electrons. The van der Waals surface area contributed by atoms with Gasteiger partial charge >= 0.3 is 0 Å². The van der Waals surface area contributed by atoms with Crippen molar-refractivity contribution in [2.24, 2.45) is 0 Å². The van der Waals surface area contributed by atoms with E-state index in [1.807, 2.05) is 11.8 Å². The minimum atomic E-state index is -0.0978. The molecule has 1 aromatic heterocycles. The predicted octanol–water partition coefficient (Wildman–Crippen LogP) is -0.213. The van der Waals surface area contributed by atoms with Crippen LogP contribution in [-0.2, 0) is 6.61 Å². The van der Waals surface area contributed by atoms with Gasteiger partial charge in [-0.3, -0.25) is 4.98 Å². The largest absolute Gasteiger partial charge is 0.395 e. The van der Waals surface area contributed by atoms with Crippen LogP contribution in [0.4, 0.5) is 5.82 Å². The van der Waals surface area contributed by atoms with Gasteiger partial charge in [-0.05, 0) is 6.92 Å². The highest BCUT2D eigenvalue weighted by Gasteiger charge is 2.04. The van der Waals surface area contributed by atoms with E-state index in [9.17, 15) is 0 Å². The van der Waals surface area contributed by atoms with Crippen LogP contribution < -0.4 is 4.90 Å². The van der Waals surface area contributed by atoms with Crippen molar-refractivity contribution < 1.29 is 10.2 Å². The molecular formula is C9H15N3O2. The van der Waals surface area contributed by atoms with Crippen LogP contribution in [0.2, 0.25) is 0 Å². The van der Waals surface area contributed by atoms with Crippen LogP contribution in [0.5, 0.6) is 0 Å². The van der Waals surface area contributed by atoms with E-state index < -0.39 is 0 Å². The Balaban J connectivity index is 2.73. The fraction of sp³-hybridized carbons (Fsp3) is 0.556. The molecule has 2 N–H and O–H groups in total. The van der Waals surface area contributed by atoms with Crippen molar-refractivity contribution in [3.05, 3.63) is 18.1 Å². The highest BCUT2D eigenvalue weighted by Crippen LogP contribution is 2.07. The summed E-state index contributed by atoms with van der Waals surface area (Å²) in [6.45, 7) is 3.30. The zero-order valence-corrected chi connectivity index (χ0v) is 8.22. The van der Waals surface area contributed by atoms with E-state index in [-0.39, 0.29) is 13.2 Å². The number of nitrogens with zero attached hydrogens (tertiary/aromatic N) is 3. The highest BCUT2D eigenvalue weighted by molar-refractivity contribution is 5.35. The summed E-state index contributed by atoms with van der Waals surface area (Å²) in [5.41, 5.74) is 0.550. The second kappa shape index (κ2) is 5.51. The van der Waals surface area contributed by atoms with Gasteiger partial charge in [-0.25, -0.2) is 4.98 Å². The molecule has 0 aliphatic heterocycles. The summed E-state index contributed by atoms with van der Waals surface area (Å²) in [7, 11) is 0. The predicted molar refractivity (Wildman–Crippen MR) is 52.9 cm³/mol. The molecule has 0 aliphatic carbocycles. The Morgan fingerprint density at radius 1 is 1.29 bits per heavy atom. The molecule has 0 saturated carbocycles. The highest BCUT2D eigenvalue weighted by atomic mass is 16.3. The van der Waals surface area contributed by atoms with Gasteiger partial charge in [-0.15, -0.1) is 0 Å². The lowest BCUT2D eigenvalue weighted by atomic mass is 10.4. The van der Waals surface area contributed by atoms with E-state index in [4.69, 9.17) is 10.2 Å². The van der Waals surface area contributed by atoms with Crippen molar-refractivity contribution >= 4 is 5.82 Å². The van der Waals surface area contributed by atoms with Crippen molar-refractivity contribution in [3.8, 4) is 0 Å². The van der Waals surface area contributed by atoms with Crippen LogP contribution in [0.25, 0.3) is 0 Å². The Morgan fingerprint density at radius 3 is 2.50 bits per heavy atom. The molecule has 5 heteroatoms. The average molecular weight is 197 g/mol. The number of aliphatic hydroxyl groups excluding tert-OH is 2. The monoisotopic (exact) mass is 197 g/mol. The molecule has 0 aromatic carbocycles. The SMILES string of the molecule is CCN(CCO)c1cnc(CO)cn1. The normalized spacial score (nSPS) is 10.2. The van der Waals surface area contributed by atoms with Crippen molar-refractivity contribution in [2.45, 2.75) is 13.5 Å². The molecule has 0 atom stereocenters. The Morgan fingerprint density at radius 2 is 2.07 bits per heavy atom. The Bertz CT molecular complexity index is 263. The first kappa shape index (κ1) is 10.9. The number of rotatable bonds is 5. The molecule has 0 aliphatic rings. The second-order valence-corrected chi connectivity index (χ2v) is 2.83. The molecule has 0 bridgehead atoms. The van der Waals surface area contributed by atoms with Gasteiger partial charge in [0.15, 0.2) is 0 Å². The van der Waals surface area contributed by atoms with Crippen molar-refractivity contribution in [3.63, 3.8) is 0 Å². The first-order chi connectivity index (χ1) is 6.81. The van der Waals surface area contributed by atoms with Gasteiger partial charge in [0.25, 0.3) is 0 Å². The van der Waals surface area contributed by atoms with Crippen molar-refractivity contribution in [2.75, 3.05) is 24.6 Å². The van der Waals surface area contributed by atoms with E-state index >= 15 is 0 Å². The summed E-state index contributed by atoms with van der Waals surface area (Å²) in [6, 6.07) is 0. The molecule has 1 rings (SSSR count). The summed E-state index contributed by atoms with van der Waals surface area (Å²) >= 11 is 0. The lowest BCUT2D eigenvalue weighted by Crippen LogP contribution is -2.27. The molecule has 1 heterocycles. The molecule has 0 amide bonds.